The third kappa shape index (κ3) is 3.53. The van der Waals surface area contributed by atoms with Crippen molar-refractivity contribution in [2.45, 2.75) is 13.3 Å². The van der Waals surface area contributed by atoms with Crippen molar-refractivity contribution in [3.63, 3.8) is 0 Å². The first-order valence-corrected chi connectivity index (χ1v) is 8.28. The Bertz CT molecular complexity index is 898. The Morgan fingerprint density at radius 2 is 1.79 bits per heavy atom. The number of nitrogens with zero attached hydrogens (tertiary/aromatic N) is 2. The maximum atomic E-state index is 12.6. The van der Waals surface area contributed by atoms with E-state index in [0.29, 0.717) is 21.2 Å². The average Bonchev–Trinajstić information content (AvgIpc) is 2.85. The fourth-order valence-electron chi connectivity index (χ4n) is 2.64. The Morgan fingerprint density at radius 1 is 1.08 bits per heavy atom. The predicted molar refractivity (Wildman–Crippen MR) is 97.1 cm³/mol. The summed E-state index contributed by atoms with van der Waals surface area (Å²) in [6, 6.07) is 14.5. The molecule has 3 aromatic rings. The highest BCUT2D eigenvalue weighted by molar-refractivity contribution is 6.37. The van der Waals surface area contributed by atoms with Crippen LogP contribution in [0.3, 0.4) is 0 Å². The van der Waals surface area contributed by atoms with Gasteiger partial charge in [0.2, 0.25) is 0 Å². The molecule has 24 heavy (non-hydrogen) atoms. The molecule has 0 unspecified atom stereocenters. The Hall–Kier alpha value is -2.10. The molecule has 122 valence electrons. The quantitative estimate of drug-likeness (QED) is 0.624. The van der Waals surface area contributed by atoms with Crippen molar-refractivity contribution in [2.24, 2.45) is 7.05 Å². The zero-order chi connectivity index (χ0) is 17.3. The van der Waals surface area contributed by atoms with Gasteiger partial charge in [-0.25, -0.2) is 0 Å². The van der Waals surface area contributed by atoms with Crippen molar-refractivity contribution in [3.05, 3.63) is 86.7 Å². The van der Waals surface area contributed by atoms with Crippen LogP contribution in [-0.4, -0.2) is 15.6 Å². The molecule has 0 radical (unpaired) electrons. The monoisotopic (exact) mass is 358 g/mol. The third-order valence-electron chi connectivity index (χ3n) is 3.88. The maximum absolute atomic E-state index is 12.6. The lowest BCUT2D eigenvalue weighted by Crippen LogP contribution is -2.03. The second kappa shape index (κ2) is 6.80. The van der Waals surface area contributed by atoms with Gasteiger partial charge in [-0.15, -0.1) is 0 Å². The van der Waals surface area contributed by atoms with E-state index in [1.165, 1.54) is 0 Å². The topological polar surface area (TPSA) is 34.9 Å². The molecule has 0 N–H and O–H groups in total. The van der Waals surface area contributed by atoms with Crippen LogP contribution in [0.1, 0.15) is 32.9 Å². The number of carbonyl (C=O) groups excluding carboxylic acids is 1. The Kier molecular flexibility index (Phi) is 4.74. The lowest BCUT2D eigenvalue weighted by atomic mass is 10.0. The molecular weight excluding hydrogens is 343 g/mol. The first-order valence-electron chi connectivity index (χ1n) is 7.52. The van der Waals surface area contributed by atoms with Gasteiger partial charge < -0.3 is 0 Å². The third-order valence-corrected chi connectivity index (χ3v) is 4.42. The summed E-state index contributed by atoms with van der Waals surface area (Å²) in [5.41, 5.74) is 4.31. The second-order valence-corrected chi connectivity index (χ2v) is 6.57. The number of rotatable bonds is 4. The van der Waals surface area contributed by atoms with Crippen molar-refractivity contribution in [2.75, 3.05) is 0 Å². The van der Waals surface area contributed by atoms with Crippen molar-refractivity contribution in [1.82, 2.24) is 9.78 Å². The van der Waals surface area contributed by atoms with Crippen molar-refractivity contribution >= 4 is 29.0 Å². The van der Waals surface area contributed by atoms with Gasteiger partial charge in [0.1, 0.15) is 0 Å². The van der Waals surface area contributed by atoms with Crippen molar-refractivity contribution in [3.8, 4) is 0 Å². The molecule has 2 aromatic carbocycles. The molecule has 0 spiro atoms. The van der Waals surface area contributed by atoms with E-state index in [-0.39, 0.29) is 5.78 Å². The minimum atomic E-state index is -0.111. The number of hydrogen-bond donors (Lipinski definition) is 0. The van der Waals surface area contributed by atoms with E-state index in [2.05, 4.69) is 11.2 Å². The molecule has 0 amide bonds. The Labute approximate surface area is 150 Å². The highest BCUT2D eigenvalue weighted by Gasteiger charge is 2.13. The molecule has 0 saturated carbocycles. The first kappa shape index (κ1) is 16.7. The summed E-state index contributed by atoms with van der Waals surface area (Å²) in [5, 5.41) is 5.22. The number of carbonyl (C=O) groups is 1. The molecule has 0 atom stereocenters. The molecule has 1 heterocycles. The minimum Gasteiger partial charge on any atom is -0.289 e. The SMILES string of the molecule is Cc1cc(Cc2ccc(C(=O)c3ccc(Cl)cc3Cl)cc2)n(C)n1. The van der Waals surface area contributed by atoms with E-state index < -0.39 is 0 Å². The van der Waals surface area contributed by atoms with Crippen LogP contribution in [-0.2, 0) is 13.5 Å². The van der Waals surface area contributed by atoms with Gasteiger partial charge in [-0.05, 0) is 36.8 Å². The number of aromatic nitrogens is 2. The second-order valence-electron chi connectivity index (χ2n) is 5.73. The van der Waals surface area contributed by atoms with E-state index >= 15 is 0 Å². The van der Waals surface area contributed by atoms with E-state index in [4.69, 9.17) is 23.2 Å². The maximum Gasteiger partial charge on any atom is 0.194 e. The minimum absolute atomic E-state index is 0.111. The van der Waals surface area contributed by atoms with Crippen LogP contribution in [0, 0.1) is 6.92 Å². The summed E-state index contributed by atoms with van der Waals surface area (Å²) in [6.45, 7) is 1.97. The van der Waals surface area contributed by atoms with E-state index in [1.54, 1.807) is 18.2 Å². The smallest absolute Gasteiger partial charge is 0.194 e. The Balaban J connectivity index is 1.81. The summed E-state index contributed by atoms with van der Waals surface area (Å²) >= 11 is 12.0. The predicted octanol–water partition coefficient (Wildman–Crippen LogP) is 4.86. The summed E-state index contributed by atoms with van der Waals surface area (Å²) in [6.07, 6.45) is 0.771. The summed E-state index contributed by atoms with van der Waals surface area (Å²) in [4.78, 5) is 12.6. The molecule has 0 aliphatic rings. The molecule has 3 rings (SSSR count). The van der Waals surface area contributed by atoms with Crippen LogP contribution in [0.5, 0.6) is 0 Å². The van der Waals surface area contributed by atoms with Crippen LogP contribution in [0.25, 0.3) is 0 Å². The molecule has 3 nitrogen and oxygen atoms in total. The fourth-order valence-corrected chi connectivity index (χ4v) is 3.14. The zero-order valence-electron chi connectivity index (χ0n) is 13.4. The standard InChI is InChI=1S/C19H16Cl2N2O/c1-12-9-16(23(2)22-12)10-13-3-5-14(6-4-13)19(24)17-8-7-15(20)11-18(17)21/h3-9,11H,10H2,1-2H3. The van der Waals surface area contributed by atoms with Gasteiger partial charge in [0.15, 0.2) is 5.78 Å². The van der Waals surface area contributed by atoms with Crippen LogP contribution >= 0.6 is 23.2 Å². The normalized spacial score (nSPS) is 10.8. The van der Waals surface area contributed by atoms with Gasteiger partial charge in [-0.1, -0.05) is 47.5 Å². The summed E-state index contributed by atoms with van der Waals surface area (Å²) < 4.78 is 1.88. The number of halogens is 2. The highest BCUT2D eigenvalue weighted by Crippen LogP contribution is 2.24. The number of ketones is 1. The van der Waals surface area contributed by atoms with Crippen molar-refractivity contribution in [1.29, 1.82) is 0 Å². The molecule has 5 heteroatoms. The van der Waals surface area contributed by atoms with Gasteiger partial charge in [0, 0.05) is 35.3 Å². The van der Waals surface area contributed by atoms with Crippen LogP contribution in [0.2, 0.25) is 10.0 Å². The summed E-state index contributed by atoms with van der Waals surface area (Å²) in [5.74, 6) is -0.111. The molecule has 0 aliphatic carbocycles. The molecule has 0 saturated heterocycles. The Morgan fingerprint density at radius 3 is 2.38 bits per heavy atom. The first-order chi connectivity index (χ1) is 11.4. The molecule has 0 bridgehead atoms. The van der Waals surface area contributed by atoms with Crippen LogP contribution in [0.4, 0.5) is 0 Å². The highest BCUT2D eigenvalue weighted by atomic mass is 35.5. The zero-order valence-corrected chi connectivity index (χ0v) is 14.9. The average molecular weight is 359 g/mol. The van der Waals surface area contributed by atoms with Crippen LogP contribution in [0.15, 0.2) is 48.5 Å². The molecular formula is C19H16Cl2N2O. The van der Waals surface area contributed by atoms with Gasteiger partial charge in [0.05, 0.1) is 10.7 Å². The lowest BCUT2D eigenvalue weighted by Gasteiger charge is -2.06. The van der Waals surface area contributed by atoms with E-state index in [9.17, 15) is 4.79 Å². The number of benzene rings is 2. The van der Waals surface area contributed by atoms with Crippen molar-refractivity contribution < 1.29 is 4.79 Å². The largest absolute Gasteiger partial charge is 0.289 e. The molecule has 1 aromatic heterocycles. The number of aryl methyl sites for hydroxylation is 2. The van der Waals surface area contributed by atoms with Gasteiger partial charge in [-0.2, -0.15) is 5.10 Å². The van der Waals surface area contributed by atoms with Gasteiger partial charge >= 0.3 is 0 Å². The fraction of sp³-hybridized carbons (Fsp3) is 0.158. The lowest BCUT2D eigenvalue weighted by molar-refractivity contribution is 0.103. The number of hydrogen-bond acceptors (Lipinski definition) is 2. The van der Waals surface area contributed by atoms with Gasteiger partial charge in [-0.3, -0.25) is 9.48 Å². The molecule has 0 fully saturated rings. The van der Waals surface area contributed by atoms with E-state index in [1.807, 2.05) is 42.9 Å². The summed E-state index contributed by atoms with van der Waals surface area (Å²) in [7, 11) is 1.93. The molecule has 0 aliphatic heterocycles. The van der Waals surface area contributed by atoms with Crippen LogP contribution < -0.4 is 0 Å². The van der Waals surface area contributed by atoms with E-state index in [0.717, 1.165) is 23.4 Å². The van der Waals surface area contributed by atoms with Gasteiger partial charge in [0.25, 0.3) is 0 Å².